The number of benzene rings is 6. The van der Waals surface area contributed by atoms with Gasteiger partial charge in [-0.2, -0.15) is 0 Å². The number of hydrogen-bond acceptors (Lipinski definition) is 7. The molecule has 0 fully saturated rings. The van der Waals surface area contributed by atoms with Crippen LogP contribution in [0.3, 0.4) is 0 Å². The molecule has 10 rings (SSSR count). The van der Waals surface area contributed by atoms with Crippen molar-refractivity contribution in [2.24, 2.45) is 0 Å². The molecule has 0 bridgehead atoms. The smallest absolute Gasteiger partial charge is 0.164 e. The van der Waals surface area contributed by atoms with Crippen molar-refractivity contribution in [1.82, 2.24) is 29.9 Å². The lowest BCUT2D eigenvalue weighted by Gasteiger charge is -2.12. The van der Waals surface area contributed by atoms with E-state index in [9.17, 15) is 0 Å². The third-order valence-electron chi connectivity index (χ3n) is 9.63. The number of aromatic nitrogens is 6. The number of aryl methyl sites for hydroxylation is 1. The fraction of sp³-hybridized carbons (Fsp3) is 0.0222. The molecule has 0 amide bonds. The summed E-state index contributed by atoms with van der Waals surface area (Å²) in [5.74, 6) is 1.75. The fourth-order valence-electron chi connectivity index (χ4n) is 7.05. The van der Waals surface area contributed by atoms with Crippen LogP contribution in [0.4, 0.5) is 0 Å². The molecular formula is C45H28N6O. The van der Waals surface area contributed by atoms with Crippen molar-refractivity contribution >= 4 is 43.7 Å². The minimum absolute atomic E-state index is 0.580. The van der Waals surface area contributed by atoms with Crippen molar-refractivity contribution in [2.45, 2.75) is 6.92 Å². The Bertz CT molecular complexity index is 2960. The van der Waals surface area contributed by atoms with Crippen molar-refractivity contribution in [3.63, 3.8) is 0 Å². The van der Waals surface area contributed by atoms with E-state index in [2.05, 4.69) is 82.5 Å². The maximum absolute atomic E-state index is 6.12. The average Bonchev–Trinajstić information content (AvgIpc) is 3.59. The molecule has 4 aromatic heterocycles. The van der Waals surface area contributed by atoms with E-state index in [1.807, 2.05) is 85.1 Å². The molecule has 7 nitrogen and oxygen atoms in total. The minimum Gasteiger partial charge on any atom is -0.456 e. The average molecular weight is 669 g/mol. The molecular weight excluding hydrogens is 641 g/mol. The van der Waals surface area contributed by atoms with E-state index in [0.717, 1.165) is 82.8 Å². The molecule has 0 radical (unpaired) electrons. The largest absolute Gasteiger partial charge is 0.456 e. The first-order valence-corrected chi connectivity index (χ1v) is 17.1. The fourth-order valence-corrected chi connectivity index (χ4v) is 7.05. The molecule has 0 N–H and O–H groups in total. The number of rotatable bonds is 5. The quantitative estimate of drug-likeness (QED) is 0.180. The second-order valence-corrected chi connectivity index (χ2v) is 12.8. The van der Waals surface area contributed by atoms with Gasteiger partial charge < -0.3 is 4.42 Å². The van der Waals surface area contributed by atoms with E-state index >= 15 is 0 Å². The van der Waals surface area contributed by atoms with Gasteiger partial charge in [-0.15, -0.1) is 0 Å². The molecule has 0 aliphatic carbocycles. The highest BCUT2D eigenvalue weighted by molar-refractivity contribution is 6.06. The summed E-state index contributed by atoms with van der Waals surface area (Å²) in [6.07, 6.45) is 3.55. The summed E-state index contributed by atoms with van der Waals surface area (Å²) in [6, 6.07) is 47.1. The zero-order valence-electron chi connectivity index (χ0n) is 28.0. The van der Waals surface area contributed by atoms with E-state index in [4.69, 9.17) is 19.4 Å². The lowest BCUT2D eigenvalue weighted by Crippen LogP contribution is -2.00. The van der Waals surface area contributed by atoms with Crippen LogP contribution < -0.4 is 0 Å². The van der Waals surface area contributed by atoms with Crippen LogP contribution in [0, 0.1) is 6.92 Å². The number of hydrogen-bond donors (Lipinski definition) is 0. The summed E-state index contributed by atoms with van der Waals surface area (Å²) in [5, 5.41) is 4.20. The van der Waals surface area contributed by atoms with Gasteiger partial charge in [-0.3, -0.25) is 4.98 Å². The lowest BCUT2D eigenvalue weighted by molar-refractivity contribution is 0.669. The number of para-hydroxylation sites is 3. The van der Waals surface area contributed by atoms with E-state index in [1.54, 1.807) is 6.33 Å². The Morgan fingerprint density at radius 1 is 0.423 bits per heavy atom. The van der Waals surface area contributed by atoms with Crippen molar-refractivity contribution in [1.29, 1.82) is 0 Å². The predicted octanol–water partition coefficient (Wildman–Crippen LogP) is 10.9. The van der Waals surface area contributed by atoms with Crippen molar-refractivity contribution in [2.75, 3.05) is 0 Å². The second kappa shape index (κ2) is 12.0. The summed E-state index contributed by atoms with van der Waals surface area (Å²) in [4.78, 5) is 28.8. The van der Waals surface area contributed by atoms with Gasteiger partial charge >= 0.3 is 0 Å². The monoisotopic (exact) mass is 668 g/mol. The molecule has 0 atom stereocenters. The van der Waals surface area contributed by atoms with Gasteiger partial charge in [0.15, 0.2) is 17.5 Å². The van der Waals surface area contributed by atoms with Crippen LogP contribution in [0.2, 0.25) is 0 Å². The van der Waals surface area contributed by atoms with Gasteiger partial charge in [-0.1, -0.05) is 103 Å². The van der Waals surface area contributed by atoms with Crippen LogP contribution in [0.5, 0.6) is 0 Å². The Hall–Kier alpha value is -7.12. The molecule has 0 aliphatic heterocycles. The van der Waals surface area contributed by atoms with Crippen LogP contribution in [0.25, 0.3) is 100 Å². The Labute approximate surface area is 298 Å². The molecule has 0 spiro atoms. The van der Waals surface area contributed by atoms with Crippen molar-refractivity contribution < 1.29 is 4.42 Å². The number of fused-ring (bicyclic) bond motifs is 5. The van der Waals surface area contributed by atoms with E-state index in [0.29, 0.717) is 17.5 Å². The Kier molecular flexibility index (Phi) is 6.89. The van der Waals surface area contributed by atoms with Crippen LogP contribution in [0.15, 0.2) is 156 Å². The predicted molar refractivity (Wildman–Crippen MR) is 207 cm³/mol. The van der Waals surface area contributed by atoms with Crippen molar-refractivity contribution in [3.8, 4) is 56.5 Å². The lowest BCUT2D eigenvalue weighted by atomic mass is 9.96. The summed E-state index contributed by atoms with van der Waals surface area (Å²) < 4.78 is 6.12. The van der Waals surface area contributed by atoms with E-state index in [-0.39, 0.29) is 0 Å². The number of furan rings is 1. The maximum Gasteiger partial charge on any atom is 0.164 e. The highest BCUT2D eigenvalue weighted by Crippen LogP contribution is 2.35. The van der Waals surface area contributed by atoms with Crippen LogP contribution in [-0.4, -0.2) is 29.9 Å². The molecule has 6 aromatic carbocycles. The molecule has 0 saturated carbocycles. The van der Waals surface area contributed by atoms with Gasteiger partial charge in [0.25, 0.3) is 0 Å². The topological polar surface area (TPSA) is 90.5 Å². The number of pyridine rings is 1. The van der Waals surface area contributed by atoms with Crippen LogP contribution in [-0.2, 0) is 0 Å². The maximum atomic E-state index is 6.12. The molecule has 7 heteroatoms. The van der Waals surface area contributed by atoms with Gasteiger partial charge in [0.05, 0.1) is 16.7 Å². The first-order chi connectivity index (χ1) is 25.7. The second-order valence-electron chi connectivity index (χ2n) is 12.8. The van der Waals surface area contributed by atoms with E-state index < -0.39 is 0 Å². The highest BCUT2D eigenvalue weighted by Gasteiger charge is 2.16. The minimum atomic E-state index is 0.580. The first kappa shape index (κ1) is 29.8. The van der Waals surface area contributed by atoms with Crippen LogP contribution in [0.1, 0.15) is 5.56 Å². The summed E-state index contributed by atoms with van der Waals surface area (Å²) in [6.45, 7) is 2.10. The van der Waals surface area contributed by atoms with Gasteiger partial charge in [-0.25, -0.2) is 24.9 Å². The molecule has 244 valence electrons. The van der Waals surface area contributed by atoms with Gasteiger partial charge in [0.2, 0.25) is 0 Å². The molecule has 52 heavy (non-hydrogen) atoms. The van der Waals surface area contributed by atoms with Gasteiger partial charge in [-0.05, 0) is 60.0 Å². The van der Waals surface area contributed by atoms with E-state index in [1.165, 1.54) is 5.56 Å². The zero-order chi connectivity index (χ0) is 34.6. The standard InChI is InChI=1S/C45H28N6O/c1-27-25-46-37-11-5-2-9-34(37)41(27)28-14-18-30(19-15-28)43-49-44(31-20-16-29(17-21-31)42-35-10-3-6-12-38(35)47-26-48-42)51-45(50-43)32-22-23-40-36(24-32)33-8-4-7-13-39(33)52-40/h2-26H,1H3. The van der Waals surface area contributed by atoms with Crippen LogP contribution >= 0.6 is 0 Å². The molecule has 10 aromatic rings. The normalized spacial score (nSPS) is 11.6. The summed E-state index contributed by atoms with van der Waals surface area (Å²) >= 11 is 0. The molecule has 0 saturated heterocycles. The Morgan fingerprint density at radius 2 is 0.962 bits per heavy atom. The summed E-state index contributed by atoms with van der Waals surface area (Å²) in [7, 11) is 0. The Morgan fingerprint density at radius 3 is 1.69 bits per heavy atom. The highest BCUT2D eigenvalue weighted by atomic mass is 16.3. The Balaban J connectivity index is 1.10. The molecule has 0 aliphatic rings. The summed E-state index contributed by atoms with van der Waals surface area (Å²) in [5.41, 5.74) is 11.5. The van der Waals surface area contributed by atoms with Gasteiger partial charge in [0.1, 0.15) is 17.5 Å². The zero-order valence-corrected chi connectivity index (χ0v) is 28.0. The molecule has 4 heterocycles. The third kappa shape index (κ3) is 5.06. The van der Waals surface area contributed by atoms with Gasteiger partial charge in [0, 0.05) is 50.0 Å². The SMILES string of the molecule is Cc1cnc2ccccc2c1-c1ccc(-c2nc(-c3ccc(-c4ncnc5ccccc45)cc3)nc(-c3ccc4oc5ccccc5c4c3)n2)cc1. The molecule has 0 unspecified atom stereocenters. The van der Waals surface area contributed by atoms with Crippen molar-refractivity contribution in [3.05, 3.63) is 158 Å². The first-order valence-electron chi connectivity index (χ1n) is 17.1. The third-order valence-corrected chi connectivity index (χ3v) is 9.63. The number of nitrogens with zero attached hydrogens (tertiary/aromatic N) is 6.